The van der Waals surface area contributed by atoms with E-state index >= 15 is 0 Å². The molecule has 3 rings (SSSR count). The minimum Gasteiger partial charge on any atom is -0.282 e. The largest absolute Gasteiger partial charge is 0.339 e. The van der Waals surface area contributed by atoms with Crippen molar-refractivity contribution in [1.29, 1.82) is 0 Å². The van der Waals surface area contributed by atoms with Gasteiger partial charge in [-0.05, 0) is 42.8 Å². The Morgan fingerprint density at radius 1 is 1.12 bits per heavy atom. The number of amides is 3. The van der Waals surface area contributed by atoms with E-state index in [0.29, 0.717) is 10.7 Å². The SMILES string of the molecule is Cc1ccc2nc(NC(=O)NNC(=O)c3cccc(Br)c3)sc2c1. The van der Waals surface area contributed by atoms with Crippen molar-refractivity contribution in [2.75, 3.05) is 5.32 Å². The first-order valence-electron chi connectivity index (χ1n) is 7.01. The molecule has 8 heteroatoms. The van der Waals surface area contributed by atoms with Crippen LogP contribution in [0.15, 0.2) is 46.9 Å². The van der Waals surface area contributed by atoms with Gasteiger partial charge in [-0.15, -0.1) is 0 Å². The van der Waals surface area contributed by atoms with E-state index in [1.165, 1.54) is 11.3 Å². The second-order valence-corrected chi connectivity index (χ2v) is 6.98. The van der Waals surface area contributed by atoms with Crippen LogP contribution in [-0.4, -0.2) is 16.9 Å². The maximum absolute atomic E-state index is 11.9. The first-order valence-corrected chi connectivity index (χ1v) is 8.62. The molecule has 0 aliphatic heterocycles. The second-order valence-electron chi connectivity index (χ2n) is 5.03. The van der Waals surface area contributed by atoms with Gasteiger partial charge < -0.3 is 0 Å². The summed E-state index contributed by atoms with van der Waals surface area (Å²) >= 11 is 4.66. The smallest absolute Gasteiger partial charge is 0.282 e. The number of rotatable bonds is 2. The predicted octanol–water partition coefficient (Wildman–Crippen LogP) is 3.83. The van der Waals surface area contributed by atoms with Crippen LogP contribution in [0.5, 0.6) is 0 Å². The Balaban J connectivity index is 1.59. The number of halogens is 1. The molecule has 0 unspecified atom stereocenters. The number of hydrogen-bond donors (Lipinski definition) is 3. The van der Waals surface area contributed by atoms with Crippen LogP contribution in [0.4, 0.5) is 9.93 Å². The summed E-state index contributed by atoms with van der Waals surface area (Å²) in [6.07, 6.45) is 0. The van der Waals surface area contributed by atoms with E-state index in [1.54, 1.807) is 18.2 Å². The zero-order valence-corrected chi connectivity index (χ0v) is 15.0. The van der Waals surface area contributed by atoms with Crippen LogP contribution in [0.2, 0.25) is 0 Å². The number of aromatic nitrogens is 1. The van der Waals surface area contributed by atoms with E-state index in [-0.39, 0.29) is 0 Å². The number of nitrogens with zero attached hydrogens (tertiary/aromatic N) is 1. The van der Waals surface area contributed by atoms with Crippen LogP contribution >= 0.6 is 27.3 Å². The molecule has 122 valence electrons. The number of fused-ring (bicyclic) bond motifs is 1. The van der Waals surface area contributed by atoms with Crippen LogP contribution in [-0.2, 0) is 0 Å². The number of hydrogen-bond acceptors (Lipinski definition) is 4. The standard InChI is InChI=1S/C16H13BrN4O2S/c1-9-5-6-12-13(7-9)24-16(18-12)19-15(23)21-20-14(22)10-3-2-4-11(17)8-10/h2-8H,1H3,(H,20,22)(H2,18,19,21,23). The lowest BCUT2D eigenvalue weighted by molar-refractivity contribution is 0.0938. The molecule has 0 aliphatic rings. The van der Waals surface area contributed by atoms with Crippen molar-refractivity contribution < 1.29 is 9.59 Å². The van der Waals surface area contributed by atoms with Gasteiger partial charge in [-0.25, -0.2) is 15.2 Å². The van der Waals surface area contributed by atoms with E-state index in [4.69, 9.17) is 0 Å². The third kappa shape index (κ3) is 3.90. The average molecular weight is 405 g/mol. The number of thiazole rings is 1. The van der Waals surface area contributed by atoms with Crippen LogP contribution in [0.3, 0.4) is 0 Å². The molecular formula is C16H13BrN4O2S. The normalized spacial score (nSPS) is 10.4. The third-order valence-corrected chi connectivity index (χ3v) is 4.57. The summed E-state index contributed by atoms with van der Waals surface area (Å²) in [4.78, 5) is 28.1. The topological polar surface area (TPSA) is 83.1 Å². The lowest BCUT2D eigenvalue weighted by Gasteiger charge is -2.07. The molecule has 0 bridgehead atoms. The first kappa shape index (κ1) is 16.4. The highest BCUT2D eigenvalue weighted by molar-refractivity contribution is 9.10. The molecular weight excluding hydrogens is 392 g/mol. The lowest BCUT2D eigenvalue weighted by atomic mass is 10.2. The molecule has 2 aromatic carbocycles. The van der Waals surface area contributed by atoms with Gasteiger partial charge in [0.05, 0.1) is 10.2 Å². The number of carbonyl (C=O) groups is 2. The molecule has 3 N–H and O–H groups in total. The third-order valence-electron chi connectivity index (χ3n) is 3.14. The summed E-state index contributed by atoms with van der Waals surface area (Å²) in [6.45, 7) is 2.00. The molecule has 3 amide bonds. The van der Waals surface area contributed by atoms with Gasteiger partial charge in [0.15, 0.2) is 5.13 Å². The Kier molecular flexibility index (Phi) is 4.77. The molecule has 0 saturated carbocycles. The zero-order valence-electron chi connectivity index (χ0n) is 12.6. The molecule has 0 saturated heterocycles. The molecule has 1 heterocycles. The fourth-order valence-electron chi connectivity index (χ4n) is 2.03. The molecule has 0 fully saturated rings. The maximum atomic E-state index is 11.9. The summed E-state index contributed by atoms with van der Waals surface area (Å²) in [5, 5.41) is 3.07. The van der Waals surface area contributed by atoms with E-state index in [2.05, 4.69) is 37.1 Å². The van der Waals surface area contributed by atoms with E-state index in [9.17, 15) is 9.59 Å². The molecule has 0 spiro atoms. The minimum absolute atomic E-state index is 0.411. The Labute approximate surface area is 150 Å². The Bertz CT molecular complexity index is 925. The Morgan fingerprint density at radius 3 is 2.75 bits per heavy atom. The van der Waals surface area contributed by atoms with Crippen LogP contribution in [0.25, 0.3) is 10.2 Å². The summed E-state index contributed by atoms with van der Waals surface area (Å²) in [7, 11) is 0. The molecule has 0 atom stereocenters. The molecule has 24 heavy (non-hydrogen) atoms. The van der Waals surface area contributed by atoms with Crippen molar-refractivity contribution >= 4 is 54.6 Å². The first-order chi connectivity index (χ1) is 11.5. The molecule has 6 nitrogen and oxygen atoms in total. The van der Waals surface area contributed by atoms with Crippen molar-refractivity contribution in [3.63, 3.8) is 0 Å². The fourth-order valence-corrected chi connectivity index (χ4v) is 3.39. The van der Waals surface area contributed by atoms with E-state index in [1.807, 2.05) is 31.2 Å². The number of benzene rings is 2. The van der Waals surface area contributed by atoms with Crippen molar-refractivity contribution in [2.45, 2.75) is 6.92 Å². The van der Waals surface area contributed by atoms with Gasteiger partial charge in [0.1, 0.15) is 0 Å². The van der Waals surface area contributed by atoms with E-state index in [0.717, 1.165) is 20.3 Å². The summed E-state index contributed by atoms with van der Waals surface area (Å²) in [5.41, 5.74) is 7.03. The Hall–Kier alpha value is -2.45. The fraction of sp³-hybridized carbons (Fsp3) is 0.0625. The number of urea groups is 1. The molecule has 3 aromatic rings. The zero-order chi connectivity index (χ0) is 17.1. The van der Waals surface area contributed by atoms with Crippen molar-refractivity contribution in [2.24, 2.45) is 0 Å². The lowest BCUT2D eigenvalue weighted by Crippen LogP contribution is -2.43. The summed E-state index contributed by atoms with van der Waals surface area (Å²) in [6, 6.07) is 12.2. The van der Waals surface area contributed by atoms with Crippen LogP contribution in [0.1, 0.15) is 15.9 Å². The number of carbonyl (C=O) groups excluding carboxylic acids is 2. The highest BCUT2D eigenvalue weighted by Crippen LogP contribution is 2.26. The average Bonchev–Trinajstić information content (AvgIpc) is 2.93. The monoisotopic (exact) mass is 404 g/mol. The van der Waals surface area contributed by atoms with Gasteiger partial charge in [-0.2, -0.15) is 0 Å². The minimum atomic E-state index is -0.561. The quantitative estimate of drug-likeness (QED) is 0.567. The second kappa shape index (κ2) is 6.98. The highest BCUT2D eigenvalue weighted by atomic mass is 79.9. The predicted molar refractivity (Wildman–Crippen MR) is 98.1 cm³/mol. The van der Waals surface area contributed by atoms with Crippen LogP contribution < -0.4 is 16.2 Å². The summed E-state index contributed by atoms with van der Waals surface area (Å²) in [5.74, 6) is -0.411. The molecule has 1 aromatic heterocycles. The Morgan fingerprint density at radius 2 is 1.96 bits per heavy atom. The van der Waals surface area contributed by atoms with Crippen molar-refractivity contribution in [1.82, 2.24) is 15.8 Å². The van der Waals surface area contributed by atoms with Gasteiger partial charge in [0.2, 0.25) is 0 Å². The number of nitrogens with one attached hydrogen (secondary N) is 3. The number of aryl methyl sites for hydroxylation is 1. The highest BCUT2D eigenvalue weighted by Gasteiger charge is 2.10. The van der Waals surface area contributed by atoms with Gasteiger partial charge >= 0.3 is 6.03 Å². The molecule has 0 aliphatic carbocycles. The van der Waals surface area contributed by atoms with Gasteiger partial charge in [0.25, 0.3) is 5.91 Å². The van der Waals surface area contributed by atoms with Gasteiger partial charge in [0, 0.05) is 10.0 Å². The van der Waals surface area contributed by atoms with Gasteiger partial charge in [-0.1, -0.05) is 39.4 Å². The maximum Gasteiger partial charge on any atom is 0.339 e. The van der Waals surface area contributed by atoms with Crippen molar-refractivity contribution in [3.8, 4) is 0 Å². The van der Waals surface area contributed by atoms with Crippen LogP contribution in [0, 0.1) is 6.92 Å². The number of hydrazine groups is 1. The number of anilines is 1. The van der Waals surface area contributed by atoms with Crippen molar-refractivity contribution in [3.05, 3.63) is 58.1 Å². The summed E-state index contributed by atoms with van der Waals surface area (Å²) < 4.78 is 1.77. The molecule has 0 radical (unpaired) electrons. The van der Waals surface area contributed by atoms with Gasteiger partial charge in [-0.3, -0.25) is 15.5 Å². The van der Waals surface area contributed by atoms with E-state index < -0.39 is 11.9 Å².